The molecule has 0 fully saturated rings. The second-order valence-electron chi connectivity index (χ2n) is 3.97. The van der Waals surface area contributed by atoms with Gasteiger partial charge in [-0.25, -0.2) is 9.78 Å². The summed E-state index contributed by atoms with van der Waals surface area (Å²) in [5, 5.41) is 9.68. The predicted molar refractivity (Wildman–Crippen MR) is 73.9 cm³/mol. The van der Waals surface area contributed by atoms with Crippen molar-refractivity contribution in [1.82, 2.24) is 9.55 Å². The molecule has 0 spiro atoms. The van der Waals surface area contributed by atoms with Gasteiger partial charge in [-0.3, -0.25) is 0 Å². The van der Waals surface area contributed by atoms with Crippen LogP contribution < -0.4 is 5.73 Å². The summed E-state index contributed by atoms with van der Waals surface area (Å²) in [6.07, 6.45) is 0. The monoisotopic (exact) mass is 327 g/mol. The van der Waals surface area contributed by atoms with Crippen molar-refractivity contribution in [3.05, 3.63) is 21.8 Å². The van der Waals surface area contributed by atoms with Crippen molar-refractivity contribution in [2.75, 3.05) is 6.61 Å². The Balaban J connectivity index is 2.79. The van der Waals surface area contributed by atoms with Crippen LogP contribution in [-0.4, -0.2) is 27.2 Å². The number of aromatic hydroxyl groups is 1. The highest BCUT2D eigenvalue weighted by Gasteiger charge is 2.23. The Bertz CT molecular complexity index is 651. The highest BCUT2D eigenvalue weighted by Crippen LogP contribution is 2.31. The van der Waals surface area contributed by atoms with Crippen LogP contribution in [0, 0.1) is 0 Å². The van der Waals surface area contributed by atoms with E-state index in [1.165, 1.54) is 0 Å². The van der Waals surface area contributed by atoms with Crippen molar-refractivity contribution in [3.63, 3.8) is 0 Å². The minimum absolute atomic E-state index is 0.174. The van der Waals surface area contributed by atoms with Gasteiger partial charge >= 0.3 is 5.97 Å². The lowest BCUT2D eigenvalue weighted by molar-refractivity contribution is 0.0527. The topological polar surface area (TPSA) is 90.4 Å². The Morgan fingerprint density at radius 2 is 2.32 bits per heavy atom. The molecule has 0 atom stereocenters. The number of rotatable bonds is 3. The number of fused-ring (bicyclic) bond motifs is 1. The summed E-state index contributed by atoms with van der Waals surface area (Å²) in [5.74, 6) is -0.657. The molecule has 2 aromatic heterocycles. The number of nitrogens with two attached hydrogens (primary N) is 1. The van der Waals surface area contributed by atoms with Crippen LogP contribution in [-0.2, 0) is 18.3 Å². The molecule has 0 aliphatic rings. The number of aromatic nitrogens is 2. The smallest absolute Gasteiger partial charge is 0.342 e. The largest absolute Gasteiger partial charge is 0.492 e. The van der Waals surface area contributed by atoms with Crippen LogP contribution in [0.4, 0.5) is 0 Å². The van der Waals surface area contributed by atoms with Gasteiger partial charge in [-0.05, 0) is 28.9 Å². The third kappa shape index (κ3) is 2.19. The van der Waals surface area contributed by atoms with Crippen molar-refractivity contribution < 1.29 is 14.6 Å². The molecule has 0 aliphatic carbocycles. The predicted octanol–water partition coefficient (Wildman–Crippen LogP) is 1.68. The summed E-state index contributed by atoms with van der Waals surface area (Å²) in [6.45, 7) is 2.17. The summed E-state index contributed by atoms with van der Waals surface area (Å²) in [6, 6.07) is 1.69. The molecule has 0 saturated heterocycles. The van der Waals surface area contributed by atoms with E-state index in [0.29, 0.717) is 26.8 Å². The molecule has 0 radical (unpaired) electrons. The number of hydrogen-bond acceptors (Lipinski definition) is 5. The summed E-state index contributed by atoms with van der Waals surface area (Å²) in [5.41, 5.74) is 7.72. The zero-order chi connectivity index (χ0) is 14.2. The van der Waals surface area contributed by atoms with Crippen molar-refractivity contribution in [1.29, 1.82) is 0 Å². The molecule has 2 rings (SSSR count). The standard InChI is InChI=1S/C12H14BrN3O3/c1-3-19-12(18)9-8(5-14)16(2)7-4-6(13)11(17)15-10(7)9/h4H,3,5,14H2,1-2H3,(H,15,17). The van der Waals surface area contributed by atoms with Gasteiger partial charge in [0.1, 0.15) is 11.1 Å². The van der Waals surface area contributed by atoms with Crippen molar-refractivity contribution in [3.8, 4) is 5.88 Å². The van der Waals surface area contributed by atoms with Gasteiger partial charge in [-0.1, -0.05) is 0 Å². The van der Waals surface area contributed by atoms with E-state index in [0.717, 1.165) is 0 Å². The Labute approximate surface area is 118 Å². The Kier molecular flexibility index (Phi) is 3.77. The van der Waals surface area contributed by atoms with Gasteiger partial charge in [0, 0.05) is 19.3 Å². The van der Waals surface area contributed by atoms with Crippen LogP contribution in [0.15, 0.2) is 10.5 Å². The fourth-order valence-corrected chi connectivity index (χ4v) is 2.32. The molecule has 2 heterocycles. The molecule has 19 heavy (non-hydrogen) atoms. The normalized spacial score (nSPS) is 10.9. The first-order valence-electron chi connectivity index (χ1n) is 5.75. The molecule has 0 saturated carbocycles. The first-order valence-corrected chi connectivity index (χ1v) is 6.54. The zero-order valence-corrected chi connectivity index (χ0v) is 12.2. The van der Waals surface area contributed by atoms with Gasteiger partial charge in [-0.15, -0.1) is 0 Å². The maximum atomic E-state index is 12.0. The number of hydrogen-bond donors (Lipinski definition) is 2. The zero-order valence-electron chi connectivity index (χ0n) is 10.6. The number of carbonyl (C=O) groups is 1. The number of halogens is 1. The Hall–Kier alpha value is -1.60. The minimum Gasteiger partial charge on any atom is -0.492 e. The molecule has 0 aromatic carbocycles. The van der Waals surface area contributed by atoms with Crippen LogP contribution in [0.5, 0.6) is 5.88 Å². The molecule has 0 aliphatic heterocycles. The molecule has 3 N–H and O–H groups in total. The maximum absolute atomic E-state index is 12.0. The molecule has 0 amide bonds. The van der Waals surface area contributed by atoms with Crippen molar-refractivity contribution in [2.24, 2.45) is 12.8 Å². The van der Waals surface area contributed by atoms with E-state index >= 15 is 0 Å². The van der Waals surface area contributed by atoms with Crippen LogP contribution in [0.1, 0.15) is 23.0 Å². The third-order valence-electron chi connectivity index (χ3n) is 2.90. The van der Waals surface area contributed by atoms with E-state index in [-0.39, 0.29) is 19.0 Å². The second-order valence-corrected chi connectivity index (χ2v) is 4.82. The van der Waals surface area contributed by atoms with Crippen LogP contribution >= 0.6 is 15.9 Å². The molecule has 0 unspecified atom stereocenters. The lowest BCUT2D eigenvalue weighted by Gasteiger charge is -2.04. The Morgan fingerprint density at radius 1 is 1.63 bits per heavy atom. The highest BCUT2D eigenvalue weighted by atomic mass is 79.9. The summed E-state index contributed by atoms with van der Waals surface area (Å²) >= 11 is 3.20. The Morgan fingerprint density at radius 3 is 2.89 bits per heavy atom. The number of pyridine rings is 1. The lowest BCUT2D eigenvalue weighted by Crippen LogP contribution is -2.12. The number of carbonyl (C=O) groups excluding carboxylic acids is 1. The molecule has 6 nitrogen and oxygen atoms in total. The van der Waals surface area contributed by atoms with Crippen LogP contribution in [0.3, 0.4) is 0 Å². The van der Waals surface area contributed by atoms with E-state index in [4.69, 9.17) is 10.5 Å². The molecule has 102 valence electrons. The summed E-state index contributed by atoms with van der Waals surface area (Å²) in [4.78, 5) is 16.1. The fraction of sp³-hybridized carbons (Fsp3) is 0.333. The quantitative estimate of drug-likeness (QED) is 0.837. The summed E-state index contributed by atoms with van der Waals surface area (Å²) in [7, 11) is 1.79. The second kappa shape index (κ2) is 5.18. The SMILES string of the molecule is CCOC(=O)c1c(CN)n(C)c2cc(Br)c(O)nc12. The molecular formula is C12H14BrN3O3. The number of ether oxygens (including phenoxy) is 1. The van der Waals surface area contributed by atoms with E-state index < -0.39 is 5.97 Å². The summed E-state index contributed by atoms with van der Waals surface area (Å²) < 4.78 is 7.26. The number of aryl methyl sites for hydroxylation is 1. The third-order valence-corrected chi connectivity index (χ3v) is 3.49. The van der Waals surface area contributed by atoms with Gasteiger partial charge in [0.2, 0.25) is 5.88 Å². The van der Waals surface area contributed by atoms with E-state index in [9.17, 15) is 9.90 Å². The average molecular weight is 328 g/mol. The van der Waals surface area contributed by atoms with Crippen molar-refractivity contribution in [2.45, 2.75) is 13.5 Å². The minimum atomic E-state index is -0.484. The van der Waals surface area contributed by atoms with Gasteiger partial charge < -0.3 is 20.1 Å². The molecular weight excluding hydrogens is 314 g/mol. The van der Waals surface area contributed by atoms with Gasteiger partial charge in [0.25, 0.3) is 0 Å². The first-order chi connectivity index (χ1) is 9.01. The van der Waals surface area contributed by atoms with Gasteiger partial charge in [0.05, 0.1) is 16.6 Å². The number of nitrogens with zero attached hydrogens (tertiary/aromatic N) is 2. The molecule has 0 bridgehead atoms. The van der Waals surface area contributed by atoms with Crippen molar-refractivity contribution >= 4 is 32.9 Å². The van der Waals surface area contributed by atoms with E-state index in [1.807, 2.05) is 0 Å². The van der Waals surface area contributed by atoms with Gasteiger partial charge in [-0.2, -0.15) is 0 Å². The maximum Gasteiger partial charge on any atom is 0.342 e. The van der Waals surface area contributed by atoms with E-state index in [1.54, 1.807) is 24.6 Å². The molecule has 2 aromatic rings. The van der Waals surface area contributed by atoms with Crippen LogP contribution in [0.2, 0.25) is 0 Å². The van der Waals surface area contributed by atoms with Gasteiger partial charge in [0.15, 0.2) is 0 Å². The van der Waals surface area contributed by atoms with Crippen LogP contribution in [0.25, 0.3) is 11.0 Å². The lowest BCUT2D eigenvalue weighted by atomic mass is 10.2. The van der Waals surface area contributed by atoms with E-state index in [2.05, 4.69) is 20.9 Å². The highest BCUT2D eigenvalue weighted by molar-refractivity contribution is 9.10. The average Bonchev–Trinajstić information content (AvgIpc) is 2.63. The fourth-order valence-electron chi connectivity index (χ4n) is 2.02. The first kappa shape index (κ1) is 13.8. The number of esters is 1. The molecule has 7 heteroatoms.